The summed E-state index contributed by atoms with van der Waals surface area (Å²) in [5.74, 6) is 0.114. The number of anilines is 1. The van der Waals surface area contributed by atoms with E-state index >= 15 is 0 Å². The molecular weight excluding hydrogens is 753 g/mol. The molecular formula is C42H47Cl2N7O5. The number of carbonyl (C=O) groups excluding carboxylic acids is 2. The zero-order valence-electron chi connectivity index (χ0n) is 31.7. The van der Waals surface area contributed by atoms with Crippen LogP contribution in [0.4, 0.5) is 5.69 Å². The van der Waals surface area contributed by atoms with Crippen molar-refractivity contribution in [2.75, 3.05) is 32.1 Å². The number of imidazole rings is 1. The summed E-state index contributed by atoms with van der Waals surface area (Å²) in [5, 5.41) is 20.0. The Hall–Kier alpha value is -4.49. The summed E-state index contributed by atoms with van der Waals surface area (Å²) < 4.78 is 7.61. The van der Waals surface area contributed by atoms with Gasteiger partial charge in [-0.1, -0.05) is 47.5 Å². The minimum Gasteiger partial charge on any atom is -0.496 e. The monoisotopic (exact) mass is 799 g/mol. The van der Waals surface area contributed by atoms with Crippen LogP contribution in [0.1, 0.15) is 78.9 Å². The number of rotatable bonds is 13. The number of aliphatic carboxylic acids is 1. The Labute approximate surface area is 336 Å². The van der Waals surface area contributed by atoms with Gasteiger partial charge in [-0.3, -0.25) is 24.3 Å². The lowest BCUT2D eigenvalue weighted by atomic mass is 9.80. The molecule has 2 amide bonds. The van der Waals surface area contributed by atoms with Crippen LogP contribution in [-0.2, 0) is 36.1 Å². The number of hydrogen-bond acceptors (Lipinski definition) is 8. The van der Waals surface area contributed by atoms with Crippen LogP contribution in [0.15, 0.2) is 48.7 Å². The van der Waals surface area contributed by atoms with E-state index in [1.807, 2.05) is 41.9 Å². The van der Waals surface area contributed by atoms with E-state index < -0.39 is 11.4 Å². The molecule has 3 fully saturated rings. The number of nitrogens with one attached hydrogen (secondary N) is 3. The van der Waals surface area contributed by atoms with Gasteiger partial charge in [-0.15, -0.1) is 0 Å². The third-order valence-corrected chi connectivity index (χ3v) is 13.5. The van der Waals surface area contributed by atoms with Crippen LogP contribution >= 0.6 is 23.2 Å². The molecule has 2 aliphatic carbocycles. The van der Waals surface area contributed by atoms with Gasteiger partial charge in [-0.25, -0.2) is 4.98 Å². The summed E-state index contributed by atoms with van der Waals surface area (Å²) in [6.07, 6.45) is 9.24. The van der Waals surface area contributed by atoms with Crippen LogP contribution in [0.25, 0.3) is 22.4 Å². The molecule has 4 heterocycles. The lowest BCUT2D eigenvalue weighted by Crippen LogP contribution is -2.35. The van der Waals surface area contributed by atoms with Gasteiger partial charge in [0.15, 0.2) is 5.82 Å². The van der Waals surface area contributed by atoms with Crippen molar-refractivity contribution in [2.45, 2.75) is 76.9 Å². The number of aromatic nitrogens is 3. The second-order valence-electron chi connectivity index (χ2n) is 16.0. The van der Waals surface area contributed by atoms with E-state index in [4.69, 9.17) is 32.9 Å². The smallest absolute Gasteiger partial charge is 0.309 e. The largest absolute Gasteiger partial charge is 0.496 e. The Morgan fingerprint density at radius 2 is 1.88 bits per heavy atom. The minimum absolute atomic E-state index is 0.0935. The first-order chi connectivity index (χ1) is 27.0. The molecule has 2 aliphatic heterocycles. The van der Waals surface area contributed by atoms with Gasteiger partial charge in [0.1, 0.15) is 5.75 Å². The number of methoxy groups -OCH3 is 1. The number of carbonyl (C=O) groups is 3. The predicted molar refractivity (Wildman–Crippen MR) is 215 cm³/mol. The molecule has 0 radical (unpaired) electrons. The van der Waals surface area contributed by atoms with Crippen LogP contribution in [0.5, 0.6) is 5.75 Å². The van der Waals surface area contributed by atoms with Gasteiger partial charge in [0, 0.05) is 86.3 Å². The number of pyridine rings is 1. The minimum atomic E-state index is -0.625. The van der Waals surface area contributed by atoms with E-state index in [0.717, 1.165) is 87.0 Å². The highest BCUT2D eigenvalue weighted by Gasteiger charge is 2.57. The average Bonchev–Trinajstić information content (AvgIpc) is 3.98. The van der Waals surface area contributed by atoms with Gasteiger partial charge in [0.05, 0.1) is 39.6 Å². The first-order valence-corrected chi connectivity index (χ1v) is 20.2. The number of halogens is 2. The number of benzene rings is 2. The fourth-order valence-electron chi connectivity index (χ4n) is 9.45. The molecule has 2 bridgehead atoms. The Balaban J connectivity index is 0.941. The second-order valence-corrected chi connectivity index (χ2v) is 16.8. The summed E-state index contributed by atoms with van der Waals surface area (Å²) in [6, 6.07) is 13.2. The van der Waals surface area contributed by atoms with Gasteiger partial charge >= 0.3 is 5.97 Å². The quantitative estimate of drug-likeness (QED) is 0.114. The lowest BCUT2D eigenvalue weighted by Gasteiger charge is -2.32. The molecule has 4 N–H and O–H groups in total. The van der Waals surface area contributed by atoms with E-state index in [9.17, 15) is 19.5 Å². The number of fused-ring (bicyclic) bond motifs is 3. The zero-order chi connectivity index (χ0) is 39.2. The Bertz CT molecular complexity index is 2200. The molecule has 2 saturated carbocycles. The van der Waals surface area contributed by atoms with Crippen LogP contribution < -0.4 is 20.7 Å². The van der Waals surface area contributed by atoms with Crippen molar-refractivity contribution in [1.82, 2.24) is 30.1 Å². The van der Waals surface area contributed by atoms with E-state index in [1.54, 1.807) is 25.4 Å². The van der Waals surface area contributed by atoms with Crippen LogP contribution in [0, 0.1) is 10.8 Å². The number of carboxylic acid groups (broad SMARTS) is 1. The molecule has 8 rings (SSSR count). The highest BCUT2D eigenvalue weighted by molar-refractivity contribution is 6.39. The summed E-state index contributed by atoms with van der Waals surface area (Å²) >= 11 is 14.1. The molecule has 12 nitrogen and oxygen atoms in total. The number of carboxylic acids is 1. The second kappa shape index (κ2) is 15.5. The van der Waals surface area contributed by atoms with Gasteiger partial charge in [-0.05, 0) is 75.1 Å². The first-order valence-electron chi connectivity index (χ1n) is 19.4. The predicted octanol–water partition coefficient (Wildman–Crippen LogP) is 6.87. The molecule has 4 aromatic rings. The molecule has 1 unspecified atom stereocenters. The Kier molecular flexibility index (Phi) is 10.6. The summed E-state index contributed by atoms with van der Waals surface area (Å²) in [4.78, 5) is 49.1. The van der Waals surface area contributed by atoms with Crippen molar-refractivity contribution in [3.05, 3.63) is 81.5 Å². The van der Waals surface area contributed by atoms with E-state index in [1.165, 1.54) is 0 Å². The molecule has 2 aromatic heterocycles. The zero-order valence-corrected chi connectivity index (χ0v) is 33.2. The number of hydrogen-bond donors (Lipinski definition) is 4. The molecule has 0 spiro atoms. The van der Waals surface area contributed by atoms with Crippen molar-refractivity contribution in [3.8, 4) is 28.1 Å². The van der Waals surface area contributed by atoms with Crippen LogP contribution in [0.2, 0.25) is 10.0 Å². The number of ether oxygens (including phenoxy) is 1. The van der Waals surface area contributed by atoms with E-state index in [0.29, 0.717) is 70.2 Å². The molecule has 56 heavy (non-hydrogen) atoms. The standard InChI is InChI=1S/C42H47Cl2N7O5/c1-50-32-11-18-51(19-16-41-12-14-42(24-41,15-13-41)40(54)55)23-31(32)48-38(50)39(53)49-30-5-3-4-28(35(30)43)29-10-17-46-37(36(29)44)25-6-7-26(33(20-25)56-2)21-45-22-27-8-9-34(52)47-27/h3-7,10,17,20,27,45H,8-9,11-16,18-19,21-24H2,1-2H3,(H,47,52)(H,49,53)(H,54,55). The topological polar surface area (TPSA) is 151 Å². The highest BCUT2D eigenvalue weighted by Crippen LogP contribution is 2.63. The van der Waals surface area contributed by atoms with Crippen molar-refractivity contribution in [2.24, 2.45) is 17.9 Å². The van der Waals surface area contributed by atoms with E-state index in [-0.39, 0.29) is 23.3 Å². The molecule has 2 aromatic carbocycles. The van der Waals surface area contributed by atoms with Crippen molar-refractivity contribution in [3.63, 3.8) is 0 Å². The Morgan fingerprint density at radius 3 is 2.61 bits per heavy atom. The first kappa shape index (κ1) is 38.4. The van der Waals surface area contributed by atoms with Gasteiger partial charge in [0.25, 0.3) is 5.91 Å². The van der Waals surface area contributed by atoms with Crippen molar-refractivity contribution < 1.29 is 24.2 Å². The third-order valence-electron chi connectivity index (χ3n) is 12.7. The normalized spacial score (nSPS) is 22.9. The molecule has 4 aliphatic rings. The van der Waals surface area contributed by atoms with E-state index in [2.05, 4.69) is 25.8 Å². The maximum Gasteiger partial charge on any atom is 0.309 e. The van der Waals surface area contributed by atoms with Gasteiger partial charge in [-0.2, -0.15) is 0 Å². The molecule has 1 saturated heterocycles. The van der Waals surface area contributed by atoms with Crippen LogP contribution in [-0.4, -0.2) is 75.1 Å². The maximum absolute atomic E-state index is 13.8. The molecule has 14 heteroatoms. The van der Waals surface area contributed by atoms with Crippen LogP contribution in [0.3, 0.4) is 0 Å². The summed E-state index contributed by atoms with van der Waals surface area (Å²) in [5.41, 5.74) is 5.62. The lowest BCUT2D eigenvalue weighted by molar-refractivity contribution is -0.148. The van der Waals surface area contributed by atoms with Gasteiger partial charge in [0.2, 0.25) is 5.91 Å². The molecule has 294 valence electrons. The third kappa shape index (κ3) is 7.28. The molecule has 1 atom stereocenters. The van der Waals surface area contributed by atoms with Crippen molar-refractivity contribution >= 4 is 46.7 Å². The average molecular weight is 801 g/mol. The Morgan fingerprint density at radius 1 is 1.07 bits per heavy atom. The maximum atomic E-state index is 13.8. The van der Waals surface area contributed by atoms with Crippen molar-refractivity contribution in [1.29, 1.82) is 0 Å². The number of amides is 2. The highest BCUT2D eigenvalue weighted by atomic mass is 35.5. The fourth-order valence-corrected chi connectivity index (χ4v) is 10.0. The van der Waals surface area contributed by atoms with Gasteiger partial charge < -0.3 is 30.4 Å². The fraction of sp³-hybridized carbons (Fsp3) is 0.452. The number of nitrogens with zero attached hydrogens (tertiary/aromatic N) is 4. The summed E-state index contributed by atoms with van der Waals surface area (Å²) in [7, 11) is 3.50. The SMILES string of the molecule is COc1cc(-c2nccc(-c3cccc(NC(=O)c4nc5c(n4C)CCN(CCC46CCC(C(=O)O)(CC4)C6)C5)c3Cl)c2Cl)ccc1CNCC1CCC(=O)N1. The summed E-state index contributed by atoms with van der Waals surface area (Å²) in [6.45, 7) is 3.67.